The van der Waals surface area contributed by atoms with Crippen molar-refractivity contribution in [2.24, 2.45) is 0 Å². The third-order valence-electron chi connectivity index (χ3n) is 2.27. The van der Waals surface area contributed by atoms with Crippen molar-refractivity contribution >= 4 is 40.7 Å². The summed E-state index contributed by atoms with van der Waals surface area (Å²) in [6, 6.07) is 0.800. The lowest BCUT2D eigenvalue weighted by atomic mass is 10.1. The maximum Gasteiger partial charge on any atom is 0.506 e. The summed E-state index contributed by atoms with van der Waals surface area (Å²) in [7, 11) is 0. The first-order valence-electron chi connectivity index (χ1n) is 4.87. The lowest BCUT2D eigenvalue weighted by Gasteiger charge is -2.13. The number of nitrogens with zero attached hydrogens (tertiary/aromatic N) is 2. The van der Waals surface area contributed by atoms with E-state index in [4.69, 9.17) is 28.3 Å². The third kappa shape index (κ3) is 3.06. The van der Waals surface area contributed by atoms with Gasteiger partial charge in [0.15, 0.2) is 5.02 Å². The maximum absolute atomic E-state index is 11.0. The minimum absolute atomic E-state index is 0.352. The summed E-state index contributed by atoms with van der Waals surface area (Å²) in [5.74, 6) is 0. The SMILES string of the molecule is CC(OC(=O)O)c1c(Cl)cc([N+](=O)[O-])c(Cl)c1[N+](=O)[O-]. The predicted molar refractivity (Wildman–Crippen MR) is 67.3 cm³/mol. The Balaban J connectivity index is 3.59. The highest BCUT2D eigenvalue weighted by molar-refractivity contribution is 6.37. The number of nitro benzene ring substituents is 2. The first-order valence-corrected chi connectivity index (χ1v) is 5.62. The molecule has 0 radical (unpaired) electrons. The zero-order valence-electron chi connectivity index (χ0n) is 9.70. The van der Waals surface area contributed by atoms with Crippen LogP contribution in [0.2, 0.25) is 10.0 Å². The monoisotopic (exact) mass is 324 g/mol. The molecule has 1 unspecified atom stereocenters. The fraction of sp³-hybridized carbons (Fsp3) is 0.222. The van der Waals surface area contributed by atoms with Crippen LogP contribution in [0.15, 0.2) is 6.07 Å². The van der Waals surface area contributed by atoms with Gasteiger partial charge in [0.05, 0.1) is 20.4 Å². The molecule has 0 amide bonds. The van der Waals surface area contributed by atoms with Crippen LogP contribution in [0.4, 0.5) is 16.2 Å². The Bertz CT molecular complexity index is 604. The van der Waals surface area contributed by atoms with Gasteiger partial charge in [-0.1, -0.05) is 23.2 Å². The number of halogens is 2. The molecule has 11 heteroatoms. The van der Waals surface area contributed by atoms with Crippen molar-refractivity contribution in [1.82, 2.24) is 0 Å². The van der Waals surface area contributed by atoms with Gasteiger partial charge in [0, 0.05) is 6.07 Å². The molecule has 0 saturated carbocycles. The molecule has 108 valence electrons. The normalized spacial score (nSPS) is 11.8. The number of benzene rings is 1. The molecule has 0 heterocycles. The molecule has 0 aliphatic heterocycles. The van der Waals surface area contributed by atoms with Crippen LogP contribution in [0.3, 0.4) is 0 Å². The summed E-state index contributed by atoms with van der Waals surface area (Å²) < 4.78 is 4.36. The quantitative estimate of drug-likeness (QED) is 0.508. The highest BCUT2D eigenvalue weighted by atomic mass is 35.5. The van der Waals surface area contributed by atoms with E-state index in [0.717, 1.165) is 6.07 Å². The van der Waals surface area contributed by atoms with Gasteiger partial charge in [0.1, 0.15) is 6.10 Å². The molecule has 0 spiro atoms. The Kier molecular flexibility index (Phi) is 4.69. The van der Waals surface area contributed by atoms with Gasteiger partial charge >= 0.3 is 11.8 Å². The lowest BCUT2D eigenvalue weighted by Crippen LogP contribution is -2.10. The van der Waals surface area contributed by atoms with E-state index in [1.165, 1.54) is 6.92 Å². The summed E-state index contributed by atoms with van der Waals surface area (Å²) in [4.78, 5) is 30.3. The van der Waals surface area contributed by atoms with E-state index in [1.807, 2.05) is 0 Å². The van der Waals surface area contributed by atoms with Crippen LogP contribution < -0.4 is 0 Å². The first-order chi connectivity index (χ1) is 9.16. The first kappa shape index (κ1) is 15.9. The van der Waals surface area contributed by atoms with Crippen LogP contribution in [-0.2, 0) is 4.74 Å². The molecule has 0 bridgehead atoms. The highest BCUT2D eigenvalue weighted by Gasteiger charge is 2.34. The zero-order chi connectivity index (χ0) is 15.6. The topological polar surface area (TPSA) is 133 Å². The van der Waals surface area contributed by atoms with Gasteiger partial charge in [-0.25, -0.2) is 4.79 Å². The molecular formula is C9H6Cl2N2O7. The summed E-state index contributed by atoms with van der Waals surface area (Å²) >= 11 is 11.3. The Hall–Kier alpha value is -2.13. The Labute approximate surface area is 121 Å². The van der Waals surface area contributed by atoms with E-state index in [-0.39, 0.29) is 10.6 Å². The fourth-order valence-corrected chi connectivity index (χ4v) is 2.16. The highest BCUT2D eigenvalue weighted by Crippen LogP contribution is 2.44. The summed E-state index contributed by atoms with van der Waals surface area (Å²) in [5, 5.41) is 29.1. The van der Waals surface area contributed by atoms with Crippen LogP contribution in [0, 0.1) is 20.2 Å². The van der Waals surface area contributed by atoms with Crippen molar-refractivity contribution in [1.29, 1.82) is 0 Å². The third-order valence-corrected chi connectivity index (χ3v) is 2.96. The van der Waals surface area contributed by atoms with Gasteiger partial charge in [-0.05, 0) is 6.92 Å². The van der Waals surface area contributed by atoms with Gasteiger partial charge in [-0.2, -0.15) is 0 Å². The number of nitro groups is 2. The predicted octanol–water partition coefficient (Wildman–Crippen LogP) is 3.57. The number of ether oxygens (including phenoxy) is 1. The second kappa shape index (κ2) is 5.88. The molecule has 1 aromatic carbocycles. The van der Waals surface area contributed by atoms with Gasteiger partial charge in [0.25, 0.3) is 5.69 Å². The summed E-state index contributed by atoms with van der Waals surface area (Å²) in [6.07, 6.45) is -3.00. The number of carbonyl (C=O) groups is 1. The number of rotatable bonds is 4. The summed E-state index contributed by atoms with van der Waals surface area (Å²) in [5.41, 5.74) is -1.97. The van der Waals surface area contributed by atoms with E-state index < -0.39 is 38.5 Å². The zero-order valence-corrected chi connectivity index (χ0v) is 11.2. The molecule has 0 aliphatic carbocycles. The minimum atomic E-state index is -1.68. The lowest BCUT2D eigenvalue weighted by molar-refractivity contribution is -0.394. The number of hydrogen-bond donors (Lipinski definition) is 1. The van der Waals surface area contributed by atoms with Gasteiger partial charge in [0.2, 0.25) is 0 Å². The van der Waals surface area contributed by atoms with E-state index in [0.29, 0.717) is 0 Å². The Morgan fingerprint density at radius 1 is 1.35 bits per heavy atom. The average Bonchev–Trinajstić information content (AvgIpc) is 2.28. The fourth-order valence-electron chi connectivity index (χ4n) is 1.52. The van der Waals surface area contributed by atoms with Crippen molar-refractivity contribution < 1.29 is 24.5 Å². The van der Waals surface area contributed by atoms with Crippen LogP contribution in [0.25, 0.3) is 0 Å². The van der Waals surface area contributed by atoms with Crippen molar-refractivity contribution in [3.63, 3.8) is 0 Å². The van der Waals surface area contributed by atoms with Crippen molar-refractivity contribution in [2.45, 2.75) is 13.0 Å². The molecule has 20 heavy (non-hydrogen) atoms. The molecule has 0 aliphatic rings. The Morgan fingerprint density at radius 2 is 1.90 bits per heavy atom. The van der Waals surface area contributed by atoms with Crippen molar-refractivity contribution in [2.75, 3.05) is 0 Å². The van der Waals surface area contributed by atoms with Crippen molar-refractivity contribution in [3.05, 3.63) is 41.9 Å². The van der Waals surface area contributed by atoms with Crippen LogP contribution in [-0.4, -0.2) is 21.1 Å². The second-order valence-electron chi connectivity index (χ2n) is 3.49. The average molecular weight is 325 g/mol. The molecule has 0 aromatic heterocycles. The molecule has 1 N–H and O–H groups in total. The molecule has 1 rings (SSSR count). The molecule has 9 nitrogen and oxygen atoms in total. The van der Waals surface area contributed by atoms with E-state index in [1.54, 1.807) is 0 Å². The number of carboxylic acid groups (broad SMARTS) is 1. The minimum Gasteiger partial charge on any atom is -0.450 e. The molecular weight excluding hydrogens is 319 g/mol. The van der Waals surface area contributed by atoms with Gasteiger partial charge in [-0.15, -0.1) is 0 Å². The smallest absolute Gasteiger partial charge is 0.450 e. The second-order valence-corrected chi connectivity index (χ2v) is 4.28. The van der Waals surface area contributed by atoms with Gasteiger partial charge in [-0.3, -0.25) is 20.2 Å². The summed E-state index contributed by atoms with van der Waals surface area (Å²) in [6.45, 7) is 1.19. The molecule has 1 aromatic rings. The molecule has 0 saturated heterocycles. The maximum atomic E-state index is 11.0. The van der Waals surface area contributed by atoms with Crippen molar-refractivity contribution in [3.8, 4) is 0 Å². The van der Waals surface area contributed by atoms with Gasteiger partial charge < -0.3 is 9.84 Å². The van der Waals surface area contributed by atoms with E-state index in [2.05, 4.69) is 4.74 Å². The Morgan fingerprint density at radius 3 is 2.30 bits per heavy atom. The standard InChI is InChI=1S/C9H6Cl2N2O7/c1-3(20-9(14)15)6-4(10)2-5(12(16)17)7(11)8(6)13(18)19/h2-3H,1H3,(H,14,15). The largest absolute Gasteiger partial charge is 0.506 e. The van der Waals surface area contributed by atoms with E-state index in [9.17, 15) is 25.0 Å². The van der Waals surface area contributed by atoms with Crippen LogP contribution in [0.1, 0.15) is 18.6 Å². The molecule has 1 atom stereocenters. The molecule has 0 fully saturated rings. The number of hydrogen-bond acceptors (Lipinski definition) is 6. The van der Waals surface area contributed by atoms with Crippen LogP contribution in [0.5, 0.6) is 0 Å². The van der Waals surface area contributed by atoms with E-state index >= 15 is 0 Å². The van der Waals surface area contributed by atoms with Crippen LogP contribution >= 0.6 is 23.2 Å².